The van der Waals surface area contributed by atoms with Crippen LogP contribution in [0.15, 0.2) is 35.4 Å². The van der Waals surface area contributed by atoms with Crippen LogP contribution in [-0.2, 0) is 16.4 Å². The number of ether oxygens (including phenoxy) is 1. The molecule has 1 aliphatic carbocycles. The zero-order valence-electron chi connectivity index (χ0n) is 19.0. The maximum Gasteiger partial charge on any atom is 0.265 e. The molecule has 0 saturated heterocycles. The Morgan fingerprint density at radius 2 is 1.94 bits per heavy atom. The fourth-order valence-electron chi connectivity index (χ4n) is 4.30. The van der Waals surface area contributed by atoms with Crippen LogP contribution < -0.4 is 9.46 Å². The molecule has 6 nitrogen and oxygen atoms in total. The number of aromatic nitrogens is 2. The minimum atomic E-state index is -4.00. The van der Waals surface area contributed by atoms with Gasteiger partial charge in [-0.05, 0) is 55.2 Å². The number of methoxy groups -OCH3 is 1. The number of hydrogen-bond donors (Lipinski definition) is 1. The molecule has 1 aromatic carbocycles. The van der Waals surface area contributed by atoms with Gasteiger partial charge < -0.3 is 4.74 Å². The molecular weight excluding hydrogens is 461 g/mol. The Morgan fingerprint density at radius 3 is 2.64 bits per heavy atom. The molecule has 0 spiro atoms. The lowest BCUT2D eigenvalue weighted by atomic mass is 9.87. The lowest BCUT2D eigenvalue weighted by Gasteiger charge is -2.20. The molecule has 0 radical (unpaired) electrons. The average molecular weight is 490 g/mol. The van der Waals surface area contributed by atoms with Crippen molar-refractivity contribution in [2.75, 3.05) is 11.8 Å². The van der Waals surface area contributed by atoms with Crippen LogP contribution in [0.3, 0.4) is 0 Å². The van der Waals surface area contributed by atoms with Crippen LogP contribution in [0, 0.1) is 25.7 Å². The van der Waals surface area contributed by atoms with E-state index in [0.29, 0.717) is 11.5 Å². The smallest absolute Gasteiger partial charge is 0.265 e. The van der Waals surface area contributed by atoms with Gasteiger partial charge in [-0.25, -0.2) is 18.4 Å². The number of halogens is 1. The molecule has 1 saturated carbocycles. The number of hydrogen-bond acceptors (Lipinski definition) is 6. The van der Waals surface area contributed by atoms with Gasteiger partial charge in [0.25, 0.3) is 10.0 Å². The van der Waals surface area contributed by atoms with E-state index in [-0.39, 0.29) is 16.3 Å². The van der Waals surface area contributed by atoms with Gasteiger partial charge >= 0.3 is 0 Å². The summed E-state index contributed by atoms with van der Waals surface area (Å²) in [5.41, 5.74) is 2.32. The van der Waals surface area contributed by atoms with Crippen LogP contribution in [0.4, 0.5) is 10.1 Å². The first-order chi connectivity index (χ1) is 15.8. The van der Waals surface area contributed by atoms with Crippen molar-refractivity contribution in [3.8, 4) is 16.2 Å². The first-order valence-electron chi connectivity index (χ1n) is 11.1. The third-order valence-electron chi connectivity index (χ3n) is 6.07. The van der Waals surface area contributed by atoms with Crippen LogP contribution in [0.25, 0.3) is 10.4 Å². The molecule has 1 aliphatic rings. The predicted octanol–water partition coefficient (Wildman–Crippen LogP) is 5.89. The second kappa shape index (κ2) is 9.77. The minimum Gasteiger partial charge on any atom is -0.495 e. The third-order valence-corrected chi connectivity index (χ3v) is 8.68. The zero-order chi connectivity index (χ0) is 23.6. The SMILES string of the molecule is COc1ccc(-c2sc(CC3CCCCC3)nc2C)cc1S(=O)(=O)Nc1cnc(F)cc1C. The van der Waals surface area contributed by atoms with Crippen molar-refractivity contribution in [1.29, 1.82) is 0 Å². The Labute approximate surface area is 198 Å². The quantitative estimate of drug-likeness (QED) is 0.418. The molecule has 0 aliphatic heterocycles. The molecule has 0 unspecified atom stereocenters. The zero-order valence-corrected chi connectivity index (χ0v) is 20.7. The molecular formula is C24H28FN3O3S2. The molecule has 2 aromatic heterocycles. The molecule has 0 bridgehead atoms. The van der Waals surface area contributed by atoms with E-state index < -0.39 is 16.0 Å². The van der Waals surface area contributed by atoms with Gasteiger partial charge in [0.2, 0.25) is 5.95 Å². The fraction of sp³-hybridized carbons (Fsp3) is 0.417. The number of nitrogens with zero attached hydrogens (tertiary/aromatic N) is 2. The summed E-state index contributed by atoms with van der Waals surface area (Å²) in [7, 11) is -2.57. The van der Waals surface area contributed by atoms with Crippen molar-refractivity contribution >= 4 is 27.0 Å². The molecule has 4 rings (SSSR count). The summed E-state index contributed by atoms with van der Waals surface area (Å²) >= 11 is 1.63. The van der Waals surface area contributed by atoms with Crippen LogP contribution in [0.2, 0.25) is 0 Å². The van der Waals surface area contributed by atoms with Gasteiger partial charge in [0.15, 0.2) is 0 Å². The van der Waals surface area contributed by atoms with E-state index in [9.17, 15) is 12.8 Å². The van der Waals surface area contributed by atoms with Gasteiger partial charge in [0.05, 0.1) is 34.6 Å². The van der Waals surface area contributed by atoms with E-state index >= 15 is 0 Å². The summed E-state index contributed by atoms with van der Waals surface area (Å²) in [6, 6.07) is 6.30. The van der Waals surface area contributed by atoms with Crippen LogP contribution in [-0.4, -0.2) is 25.5 Å². The normalized spacial score (nSPS) is 14.9. The monoisotopic (exact) mass is 489 g/mol. The van der Waals surface area contributed by atoms with Gasteiger partial charge in [0, 0.05) is 6.42 Å². The van der Waals surface area contributed by atoms with Crippen molar-refractivity contribution in [3.63, 3.8) is 0 Å². The maximum atomic E-state index is 13.3. The Balaban J connectivity index is 1.65. The Hall–Kier alpha value is -2.52. The molecule has 33 heavy (non-hydrogen) atoms. The minimum absolute atomic E-state index is 0.00727. The topological polar surface area (TPSA) is 81.2 Å². The number of benzene rings is 1. The van der Waals surface area contributed by atoms with E-state index in [1.807, 2.05) is 13.0 Å². The van der Waals surface area contributed by atoms with Crippen LogP contribution in [0.5, 0.6) is 5.75 Å². The molecule has 1 fully saturated rings. The predicted molar refractivity (Wildman–Crippen MR) is 129 cm³/mol. The van der Waals surface area contributed by atoms with Gasteiger partial charge in [-0.3, -0.25) is 4.72 Å². The van der Waals surface area contributed by atoms with E-state index in [0.717, 1.165) is 27.6 Å². The number of thiazole rings is 1. The summed E-state index contributed by atoms with van der Waals surface area (Å²) in [6.45, 7) is 3.57. The van der Waals surface area contributed by atoms with E-state index in [1.165, 1.54) is 51.5 Å². The Morgan fingerprint density at radius 1 is 1.18 bits per heavy atom. The number of nitrogens with one attached hydrogen (secondary N) is 1. The highest BCUT2D eigenvalue weighted by Gasteiger charge is 2.23. The van der Waals surface area contributed by atoms with E-state index in [4.69, 9.17) is 9.72 Å². The number of aryl methyl sites for hydroxylation is 2. The molecule has 0 amide bonds. The van der Waals surface area contributed by atoms with Gasteiger partial charge in [0.1, 0.15) is 10.6 Å². The number of rotatable bonds is 7. The largest absolute Gasteiger partial charge is 0.495 e. The van der Waals surface area contributed by atoms with E-state index in [1.54, 1.807) is 30.4 Å². The summed E-state index contributed by atoms with van der Waals surface area (Å²) in [5, 5.41) is 1.10. The molecule has 1 N–H and O–H groups in total. The molecule has 0 atom stereocenters. The van der Waals surface area contributed by atoms with Crippen LogP contribution >= 0.6 is 11.3 Å². The van der Waals surface area contributed by atoms with Gasteiger partial charge in [-0.2, -0.15) is 4.39 Å². The second-order valence-electron chi connectivity index (χ2n) is 8.52. The van der Waals surface area contributed by atoms with Crippen molar-refractivity contribution in [1.82, 2.24) is 9.97 Å². The summed E-state index contributed by atoms with van der Waals surface area (Å²) in [4.78, 5) is 9.30. The molecule has 9 heteroatoms. The van der Waals surface area contributed by atoms with Crippen molar-refractivity contribution in [3.05, 3.63) is 52.7 Å². The van der Waals surface area contributed by atoms with Crippen LogP contribution in [0.1, 0.15) is 48.4 Å². The maximum absolute atomic E-state index is 13.3. The number of sulfonamides is 1. The molecule has 3 aromatic rings. The highest BCUT2D eigenvalue weighted by Crippen LogP contribution is 2.37. The highest BCUT2D eigenvalue weighted by atomic mass is 32.2. The fourth-order valence-corrected chi connectivity index (χ4v) is 6.79. The molecule has 176 valence electrons. The third kappa shape index (κ3) is 5.35. The van der Waals surface area contributed by atoms with Crippen molar-refractivity contribution < 1.29 is 17.5 Å². The molecule has 2 heterocycles. The first-order valence-corrected chi connectivity index (χ1v) is 13.4. The van der Waals surface area contributed by atoms with Crippen molar-refractivity contribution in [2.45, 2.75) is 57.3 Å². The summed E-state index contributed by atoms with van der Waals surface area (Å²) in [6.07, 6.45) is 8.55. The Kier molecular flexibility index (Phi) is 6.99. The number of anilines is 1. The first kappa shape index (κ1) is 23.6. The standard InChI is InChI=1S/C24H28FN3O3S2/c1-15-11-22(25)26-14-19(15)28-33(29,30)21-13-18(9-10-20(21)31-3)24-16(2)27-23(32-24)12-17-7-5-4-6-8-17/h9-11,13-14,17,28H,4-8,12H2,1-3H3. The van der Waals surface area contributed by atoms with Gasteiger partial charge in [-0.15, -0.1) is 11.3 Å². The lowest BCUT2D eigenvalue weighted by molar-refractivity contribution is 0.356. The second-order valence-corrected chi connectivity index (χ2v) is 11.3. The Bertz CT molecular complexity index is 1250. The highest BCUT2D eigenvalue weighted by molar-refractivity contribution is 7.92. The average Bonchev–Trinajstić information content (AvgIpc) is 3.15. The van der Waals surface area contributed by atoms with Crippen molar-refractivity contribution in [2.24, 2.45) is 5.92 Å². The van der Waals surface area contributed by atoms with Gasteiger partial charge in [-0.1, -0.05) is 32.1 Å². The van der Waals surface area contributed by atoms with E-state index in [2.05, 4.69) is 9.71 Å². The lowest BCUT2D eigenvalue weighted by Crippen LogP contribution is -2.15. The number of pyridine rings is 1. The summed E-state index contributed by atoms with van der Waals surface area (Å²) < 4.78 is 47.6. The summed E-state index contributed by atoms with van der Waals surface area (Å²) in [5.74, 6) is 0.240.